The second kappa shape index (κ2) is 7.54. The van der Waals surface area contributed by atoms with Gasteiger partial charge in [0.2, 0.25) is 0 Å². The molecule has 5 nitrogen and oxygen atoms in total. The maximum Gasteiger partial charge on any atom is 0.340 e. The number of nitrogens with zero attached hydrogens (tertiary/aromatic N) is 3. The van der Waals surface area contributed by atoms with Crippen molar-refractivity contribution in [1.82, 2.24) is 14.9 Å². The smallest absolute Gasteiger partial charge is 0.340 e. The lowest BCUT2D eigenvalue weighted by Crippen LogP contribution is -2.34. The number of rotatable bonds is 6. The lowest BCUT2D eigenvalue weighted by molar-refractivity contribution is -0.148. The fourth-order valence-electron chi connectivity index (χ4n) is 2.87. The number of ether oxygens (including phenoxy) is 1. The molecule has 1 atom stereocenters. The van der Waals surface area contributed by atoms with Crippen LogP contribution in [0.3, 0.4) is 0 Å². The second-order valence-corrected chi connectivity index (χ2v) is 6.82. The van der Waals surface area contributed by atoms with Gasteiger partial charge >= 0.3 is 12.3 Å². The number of aromatic nitrogens is 2. The highest BCUT2D eigenvalue weighted by Gasteiger charge is 2.42. The summed E-state index contributed by atoms with van der Waals surface area (Å²) in [6, 6.07) is 2.72. The summed E-state index contributed by atoms with van der Waals surface area (Å²) in [4.78, 5) is 22.3. The van der Waals surface area contributed by atoms with Gasteiger partial charge in [-0.2, -0.15) is 8.78 Å². The van der Waals surface area contributed by atoms with Crippen LogP contribution < -0.4 is 4.74 Å². The third-order valence-corrected chi connectivity index (χ3v) is 4.87. The lowest BCUT2D eigenvalue weighted by atomic mass is 10.1. The van der Waals surface area contributed by atoms with E-state index in [9.17, 15) is 22.4 Å². The fourth-order valence-corrected chi connectivity index (χ4v) is 3.09. The van der Waals surface area contributed by atoms with Crippen molar-refractivity contribution in [3.63, 3.8) is 0 Å². The van der Waals surface area contributed by atoms with Crippen LogP contribution in [0.1, 0.15) is 40.1 Å². The number of hydrogen-bond donors (Lipinski definition) is 0. The molecule has 2 aromatic heterocycles. The number of halogens is 5. The summed E-state index contributed by atoms with van der Waals surface area (Å²) >= 11 is 6.05. The molecule has 28 heavy (non-hydrogen) atoms. The van der Waals surface area contributed by atoms with Crippen molar-refractivity contribution < 1.29 is 27.1 Å². The van der Waals surface area contributed by atoms with Crippen molar-refractivity contribution in [2.45, 2.75) is 38.8 Å². The van der Waals surface area contributed by atoms with Gasteiger partial charge in [0.1, 0.15) is 10.9 Å². The minimum absolute atomic E-state index is 0.0282. The van der Waals surface area contributed by atoms with Crippen LogP contribution in [0.4, 0.5) is 17.6 Å². The molecule has 0 fully saturated rings. The molecule has 150 valence electrons. The molecule has 0 aliphatic carbocycles. The quantitative estimate of drug-likeness (QED) is 0.515. The van der Waals surface area contributed by atoms with E-state index in [1.165, 1.54) is 12.4 Å². The van der Waals surface area contributed by atoms with E-state index in [0.717, 1.165) is 0 Å². The topological polar surface area (TPSA) is 55.3 Å². The molecule has 1 unspecified atom stereocenters. The van der Waals surface area contributed by atoms with Gasteiger partial charge in [0.25, 0.3) is 5.91 Å². The predicted octanol–water partition coefficient (Wildman–Crippen LogP) is 4.43. The van der Waals surface area contributed by atoms with Gasteiger partial charge in [-0.25, -0.2) is 13.8 Å². The Balaban J connectivity index is 1.76. The summed E-state index contributed by atoms with van der Waals surface area (Å²) in [7, 11) is 0. The third kappa shape index (κ3) is 3.76. The van der Waals surface area contributed by atoms with Crippen molar-refractivity contribution >= 4 is 17.5 Å². The highest BCUT2D eigenvalue weighted by molar-refractivity contribution is 6.30. The molecule has 1 aliphatic rings. The predicted molar refractivity (Wildman–Crippen MR) is 93.0 cm³/mol. The molecule has 0 bridgehead atoms. The van der Waals surface area contributed by atoms with Crippen LogP contribution >= 0.6 is 11.6 Å². The summed E-state index contributed by atoms with van der Waals surface area (Å²) in [5, 5.41) is 0.258. The highest BCUT2D eigenvalue weighted by Crippen LogP contribution is 2.34. The van der Waals surface area contributed by atoms with Crippen molar-refractivity contribution in [2.75, 3.05) is 6.61 Å². The van der Waals surface area contributed by atoms with E-state index in [2.05, 4.69) is 9.97 Å². The van der Waals surface area contributed by atoms with E-state index in [4.69, 9.17) is 16.3 Å². The lowest BCUT2D eigenvalue weighted by Gasteiger charge is -2.24. The number of amides is 1. The Labute approximate surface area is 163 Å². The van der Waals surface area contributed by atoms with Crippen LogP contribution in [-0.2, 0) is 6.54 Å². The number of pyridine rings is 2. The summed E-state index contributed by atoms with van der Waals surface area (Å²) in [5.41, 5.74) is 2.03. The minimum Gasteiger partial charge on any atom is -0.485 e. The van der Waals surface area contributed by atoms with Gasteiger partial charge < -0.3 is 9.64 Å². The van der Waals surface area contributed by atoms with Gasteiger partial charge in [0, 0.05) is 17.3 Å². The maximum absolute atomic E-state index is 13.0. The average molecular weight is 418 g/mol. The molecule has 3 heterocycles. The summed E-state index contributed by atoms with van der Waals surface area (Å²) in [5.74, 6) is -4.50. The molecule has 10 heteroatoms. The summed E-state index contributed by atoms with van der Waals surface area (Å²) < 4.78 is 55.3. The number of aryl methyl sites for hydroxylation is 1. The first kappa shape index (κ1) is 20.3. The molecule has 1 aliphatic heterocycles. The van der Waals surface area contributed by atoms with E-state index in [-0.39, 0.29) is 23.4 Å². The summed E-state index contributed by atoms with van der Waals surface area (Å²) in [6.07, 6.45) is -1.17. The van der Waals surface area contributed by atoms with Crippen molar-refractivity contribution in [1.29, 1.82) is 0 Å². The first-order valence-corrected chi connectivity index (χ1v) is 8.69. The zero-order chi connectivity index (χ0) is 20.6. The molecule has 0 radical (unpaired) electrons. The van der Waals surface area contributed by atoms with Gasteiger partial charge in [0.05, 0.1) is 24.5 Å². The van der Waals surface area contributed by atoms with Crippen LogP contribution in [0.25, 0.3) is 0 Å². The third-order valence-electron chi connectivity index (χ3n) is 4.54. The molecule has 3 rings (SSSR count). The zero-order valence-electron chi connectivity index (χ0n) is 14.9. The largest absolute Gasteiger partial charge is 0.485 e. The van der Waals surface area contributed by atoms with Crippen molar-refractivity contribution in [2.24, 2.45) is 0 Å². The molecule has 0 N–H and O–H groups in total. The van der Waals surface area contributed by atoms with Crippen LogP contribution in [0, 0.1) is 6.92 Å². The minimum atomic E-state index is -4.25. The number of alkyl halides is 4. The van der Waals surface area contributed by atoms with Gasteiger partial charge in [-0.15, -0.1) is 0 Å². The maximum atomic E-state index is 13.0. The molecular weight excluding hydrogens is 402 g/mol. The van der Waals surface area contributed by atoms with Crippen molar-refractivity contribution in [3.8, 4) is 5.75 Å². The second-order valence-electron chi connectivity index (χ2n) is 6.46. The molecular formula is C18H16ClF4N3O2. The van der Waals surface area contributed by atoms with Crippen LogP contribution in [-0.4, -0.2) is 39.7 Å². The number of hydrogen-bond acceptors (Lipinski definition) is 4. The Kier molecular flexibility index (Phi) is 5.47. The Morgan fingerprint density at radius 1 is 1.36 bits per heavy atom. The van der Waals surface area contributed by atoms with E-state index in [1.54, 1.807) is 30.9 Å². The molecule has 0 saturated heterocycles. The van der Waals surface area contributed by atoms with Gasteiger partial charge in [-0.1, -0.05) is 11.6 Å². The monoisotopic (exact) mass is 417 g/mol. The molecule has 0 aromatic carbocycles. The van der Waals surface area contributed by atoms with Gasteiger partial charge in [0.15, 0.2) is 6.61 Å². The van der Waals surface area contributed by atoms with E-state index in [1.807, 2.05) is 0 Å². The Morgan fingerprint density at radius 2 is 2.07 bits per heavy atom. The van der Waals surface area contributed by atoms with E-state index >= 15 is 0 Å². The fraction of sp³-hybridized carbons (Fsp3) is 0.389. The van der Waals surface area contributed by atoms with E-state index in [0.29, 0.717) is 22.4 Å². The first-order valence-electron chi connectivity index (χ1n) is 8.31. The van der Waals surface area contributed by atoms with Crippen molar-refractivity contribution in [3.05, 3.63) is 52.1 Å². The molecule has 1 amide bonds. The van der Waals surface area contributed by atoms with Gasteiger partial charge in [-0.05, 0) is 31.5 Å². The summed E-state index contributed by atoms with van der Waals surface area (Å²) in [6.45, 7) is 2.16. The number of carbonyl (C=O) groups excluding carboxylic acids is 1. The van der Waals surface area contributed by atoms with Crippen LogP contribution in [0.2, 0.25) is 5.15 Å². The standard InChI is InChI=1S/C18H16ClF4N3O2/c1-9-5-13(25-6-14(9)28-8-18(22,23)17(20)21)10(2)26-7-12-11(16(26)27)3-4-24-15(12)19/h3-6,10,17H,7-8H2,1-2H3. The normalized spacial score (nSPS) is 15.1. The number of fused-ring (bicyclic) bond motifs is 1. The van der Waals surface area contributed by atoms with Gasteiger partial charge in [-0.3, -0.25) is 9.78 Å². The highest BCUT2D eigenvalue weighted by atomic mass is 35.5. The first-order chi connectivity index (χ1) is 13.1. The molecule has 2 aromatic rings. The Hall–Kier alpha value is -2.42. The zero-order valence-corrected chi connectivity index (χ0v) is 15.7. The van der Waals surface area contributed by atoms with E-state index < -0.39 is 25.0 Å². The SMILES string of the molecule is Cc1cc(C(C)N2Cc3c(ccnc3Cl)C2=O)ncc1OCC(F)(F)C(F)F. The Morgan fingerprint density at radius 3 is 2.68 bits per heavy atom. The average Bonchev–Trinajstić information content (AvgIpc) is 2.98. The molecule has 0 spiro atoms. The Bertz CT molecular complexity index is 910. The van der Waals surface area contributed by atoms with Crippen LogP contribution in [0.15, 0.2) is 24.5 Å². The molecule has 0 saturated carbocycles. The van der Waals surface area contributed by atoms with Crippen LogP contribution in [0.5, 0.6) is 5.75 Å². The number of carbonyl (C=O) groups is 1.